The van der Waals surface area contributed by atoms with Crippen LogP contribution < -0.4 is 5.73 Å². The van der Waals surface area contributed by atoms with Gasteiger partial charge >= 0.3 is 0 Å². The molecule has 20 heavy (non-hydrogen) atoms. The fraction of sp³-hybridized carbons (Fsp3) is 0.529. The third-order valence-corrected chi connectivity index (χ3v) is 4.10. The Bertz CT molecular complexity index is 412. The van der Waals surface area contributed by atoms with Crippen molar-refractivity contribution < 1.29 is 4.39 Å². The number of nitrogens with zero attached hydrogens (tertiary/aromatic N) is 1. The average molecular weight is 278 g/mol. The summed E-state index contributed by atoms with van der Waals surface area (Å²) in [5.41, 5.74) is 7.19. The fourth-order valence-corrected chi connectivity index (χ4v) is 3.06. The van der Waals surface area contributed by atoms with Gasteiger partial charge in [0.1, 0.15) is 5.82 Å². The Kier molecular flexibility index (Phi) is 6.37. The van der Waals surface area contributed by atoms with Crippen molar-refractivity contribution in [1.29, 1.82) is 0 Å². The molecule has 0 spiro atoms. The molecule has 2 nitrogen and oxygen atoms in total. The summed E-state index contributed by atoms with van der Waals surface area (Å²) in [4.78, 5) is 2.37. The van der Waals surface area contributed by atoms with Gasteiger partial charge in [-0.15, -0.1) is 6.58 Å². The first-order valence-corrected chi connectivity index (χ1v) is 7.43. The largest absolute Gasteiger partial charge is 0.320 e. The SMILES string of the molecule is C=CCC(N)(c1ccc(F)cc1)C(CC)N(CC)CC. The van der Waals surface area contributed by atoms with Gasteiger partial charge in [0.05, 0.1) is 5.54 Å². The van der Waals surface area contributed by atoms with Crippen molar-refractivity contribution in [1.82, 2.24) is 4.90 Å². The minimum atomic E-state index is -0.532. The molecule has 3 heteroatoms. The molecule has 2 N–H and O–H groups in total. The van der Waals surface area contributed by atoms with Crippen LogP contribution in [0.3, 0.4) is 0 Å². The van der Waals surface area contributed by atoms with E-state index in [1.165, 1.54) is 12.1 Å². The molecule has 1 rings (SSSR count). The van der Waals surface area contributed by atoms with Crippen LogP contribution in [0.1, 0.15) is 39.2 Å². The van der Waals surface area contributed by atoms with Gasteiger partial charge in [-0.3, -0.25) is 4.90 Å². The average Bonchev–Trinajstić information content (AvgIpc) is 2.45. The van der Waals surface area contributed by atoms with Crippen LogP contribution in [0.2, 0.25) is 0 Å². The van der Waals surface area contributed by atoms with Gasteiger partial charge in [-0.05, 0) is 43.6 Å². The number of benzene rings is 1. The Balaban J connectivity index is 3.23. The Morgan fingerprint density at radius 1 is 1.25 bits per heavy atom. The van der Waals surface area contributed by atoms with E-state index >= 15 is 0 Å². The lowest BCUT2D eigenvalue weighted by atomic mass is 9.78. The predicted octanol–water partition coefficient (Wildman–Crippen LogP) is 3.68. The highest BCUT2D eigenvalue weighted by Gasteiger charge is 2.37. The van der Waals surface area contributed by atoms with Crippen LogP contribution in [0.25, 0.3) is 0 Å². The summed E-state index contributed by atoms with van der Waals surface area (Å²) in [7, 11) is 0. The fourth-order valence-electron chi connectivity index (χ4n) is 3.06. The Morgan fingerprint density at radius 3 is 2.20 bits per heavy atom. The number of nitrogens with two attached hydrogens (primary N) is 1. The zero-order valence-electron chi connectivity index (χ0n) is 12.9. The quantitative estimate of drug-likeness (QED) is 0.735. The lowest BCUT2D eigenvalue weighted by Gasteiger charge is -2.43. The molecule has 0 aromatic heterocycles. The smallest absolute Gasteiger partial charge is 0.123 e. The van der Waals surface area contributed by atoms with Gasteiger partial charge in [0.2, 0.25) is 0 Å². The molecular formula is C17H27FN2. The Morgan fingerprint density at radius 2 is 1.80 bits per heavy atom. The molecule has 2 atom stereocenters. The van der Waals surface area contributed by atoms with Crippen molar-refractivity contribution in [2.24, 2.45) is 5.73 Å². The summed E-state index contributed by atoms with van der Waals surface area (Å²) in [5.74, 6) is -0.231. The lowest BCUT2D eigenvalue weighted by Crippen LogP contribution is -2.55. The van der Waals surface area contributed by atoms with E-state index in [-0.39, 0.29) is 11.9 Å². The summed E-state index contributed by atoms with van der Waals surface area (Å²) in [5, 5.41) is 0. The van der Waals surface area contributed by atoms with E-state index in [2.05, 4.69) is 32.3 Å². The van der Waals surface area contributed by atoms with Crippen LogP contribution in [-0.4, -0.2) is 24.0 Å². The van der Waals surface area contributed by atoms with Crippen LogP contribution in [0, 0.1) is 5.82 Å². The van der Waals surface area contributed by atoms with Crippen LogP contribution in [0.5, 0.6) is 0 Å². The first-order valence-electron chi connectivity index (χ1n) is 7.43. The number of halogens is 1. The first kappa shape index (κ1) is 16.9. The summed E-state index contributed by atoms with van der Waals surface area (Å²) in [6.07, 6.45) is 3.48. The summed E-state index contributed by atoms with van der Waals surface area (Å²) < 4.78 is 13.2. The Labute approximate surface area is 122 Å². The third-order valence-electron chi connectivity index (χ3n) is 4.10. The summed E-state index contributed by atoms with van der Waals surface area (Å²) >= 11 is 0. The number of likely N-dealkylation sites (N-methyl/N-ethyl adjacent to an activating group) is 1. The van der Waals surface area contributed by atoms with E-state index in [4.69, 9.17) is 5.73 Å². The van der Waals surface area contributed by atoms with Gasteiger partial charge in [0, 0.05) is 6.04 Å². The molecule has 0 heterocycles. The van der Waals surface area contributed by atoms with Crippen molar-refractivity contribution in [3.05, 3.63) is 48.3 Å². The van der Waals surface area contributed by atoms with Crippen molar-refractivity contribution in [2.45, 2.75) is 45.2 Å². The second-order valence-electron chi connectivity index (χ2n) is 5.19. The maximum absolute atomic E-state index is 13.2. The molecule has 0 aliphatic carbocycles. The molecule has 0 aliphatic rings. The van der Waals surface area contributed by atoms with Crippen LogP contribution in [0.15, 0.2) is 36.9 Å². The maximum atomic E-state index is 13.2. The predicted molar refractivity (Wildman–Crippen MR) is 84.1 cm³/mol. The molecular weight excluding hydrogens is 251 g/mol. The second kappa shape index (κ2) is 7.55. The molecule has 0 saturated heterocycles. The highest BCUT2D eigenvalue weighted by atomic mass is 19.1. The summed E-state index contributed by atoms with van der Waals surface area (Å²) in [6.45, 7) is 12.2. The Hall–Kier alpha value is -1.19. The van der Waals surface area contributed by atoms with Gasteiger partial charge in [0.25, 0.3) is 0 Å². The maximum Gasteiger partial charge on any atom is 0.123 e. The van der Waals surface area contributed by atoms with E-state index in [0.717, 1.165) is 25.1 Å². The normalized spacial score (nSPS) is 15.9. The van der Waals surface area contributed by atoms with Gasteiger partial charge in [-0.25, -0.2) is 4.39 Å². The standard InChI is InChI=1S/C17H27FN2/c1-5-13-17(19,14-9-11-15(18)12-10-14)16(6-2)20(7-3)8-4/h5,9-12,16H,1,6-8,13,19H2,2-4H3. The molecule has 0 aliphatic heterocycles. The van der Waals surface area contributed by atoms with Crippen molar-refractivity contribution in [3.8, 4) is 0 Å². The van der Waals surface area contributed by atoms with Gasteiger partial charge < -0.3 is 5.73 Å². The van der Waals surface area contributed by atoms with E-state index in [1.807, 2.05) is 6.08 Å². The van der Waals surface area contributed by atoms with Crippen LogP contribution in [-0.2, 0) is 5.54 Å². The van der Waals surface area contributed by atoms with E-state index < -0.39 is 5.54 Å². The van der Waals surface area contributed by atoms with Crippen molar-refractivity contribution >= 4 is 0 Å². The number of rotatable bonds is 8. The van der Waals surface area contributed by atoms with E-state index in [1.54, 1.807) is 12.1 Å². The molecule has 1 aromatic rings. The molecule has 0 radical (unpaired) electrons. The number of hydrogen-bond acceptors (Lipinski definition) is 2. The molecule has 2 unspecified atom stereocenters. The van der Waals surface area contributed by atoms with Crippen molar-refractivity contribution in [3.63, 3.8) is 0 Å². The summed E-state index contributed by atoms with van der Waals surface area (Å²) in [6, 6.07) is 6.76. The molecule has 0 saturated carbocycles. The zero-order chi connectivity index (χ0) is 15.2. The monoisotopic (exact) mass is 278 g/mol. The van der Waals surface area contributed by atoms with Crippen LogP contribution >= 0.6 is 0 Å². The van der Waals surface area contributed by atoms with Crippen LogP contribution in [0.4, 0.5) is 4.39 Å². The third kappa shape index (κ3) is 3.47. The molecule has 0 amide bonds. The second-order valence-corrected chi connectivity index (χ2v) is 5.19. The minimum absolute atomic E-state index is 0.209. The lowest BCUT2D eigenvalue weighted by molar-refractivity contribution is 0.125. The number of hydrogen-bond donors (Lipinski definition) is 1. The molecule has 112 valence electrons. The van der Waals surface area contributed by atoms with Crippen molar-refractivity contribution in [2.75, 3.05) is 13.1 Å². The molecule has 0 fully saturated rings. The molecule has 1 aromatic carbocycles. The highest BCUT2D eigenvalue weighted by Crippen LogP contribution is 2.32. The zero-order valence-corrected chi connectivity index (χ0v) is 12.9. The highest BCUT2D eigenvalue weighted by molar-refractivity contribution is 5.28. The van der Waals surface area contributed by atoms with Gasteiger partial charge in [-0.2, -0.15) is 0 Å². The first-order chi connectivity index (χ1) is 9.53. The minimum Gasteiger partial charge on any atom is -0.320 e. The van der Waals surface area contributed by atoms with Gasteiger partial charge in [0.15, 0.2) is 0 Å². The topological polar surface area (TPSA) is 29.3 Å². The molecule has 0 bridgehead atoms. The van der Waals surface area contributed by atoms with E-state index in [0.29, 0.717) is 6.42 Å². The van der Waals surface area contributed by atoms with Gasteiger partial charge in [-0.1, -0.05) is 39.0 Å². The van der Waals surface area contributed by atoms with E-state index in [9.17, 15) is 4.39 Å².